The van der Waals surface area contributed by atoms with E-state index in [0.29, 0.717) is 13.2 Å². The van der Waals surface area contributed by atoms with Crippen molar-refractivity contribution in [2.45, 2.75) is 12.6 Å². The fraction of sp³-hybridized carbons (Fsp3) is 0.571. The molecule has 4 rings (SSSR count). The molecule has 0 spiro atoms. The second-order valence-electron chi connectivity index (χ2n) is 7.97. The topological polar surface area (TPSA) is 74.1 Å². The molecule has 1 atom stereocenters. The molecule has 30 heavy (non-hydrogen) atoms. The van der Waals surface area contributed by atoms with E-state index in [-0.39, 0.29) is 6.10 Å². The number of rotatable bonds is 4. The molecule has 0 aromatic carbocycles. The van der Waals surface area contributed by atoms with Crippen LogP contribution in [0.4, 0.5) is 5.82 Å². The maximum absolute atomic E-state index is 5.96. The molecule has 162 valence electrons. The Labute approximate surface area is 178 Å². The molecule has 1 N–H and O–H groups in total. The number of pyridine rings is 1. The van der Waals surface area contributed by atoms with Crippen molar-refractivity contribution >= 4 is 11.8 Å². The molecule has 0 aliphatic carbocycles. The first-order valence-electron chi connectivity index (χ1n) is 10.6. The minimum absolute atomic E-state index is 0.00996. The zero-order valence-electron chi connectivity index (χ0n) is 18.2. The third-order valence-corrected chi connectivity index (χ3v) is 5.76. The third kappa shape index (κ3) is 4.91. The Bertz CT molecular complexity index is 858. The summed E-state index contributed by atoms with van der Waals surface area (Å²) < 4.78 is 7.77. The molecule has 2 aliphatic heterocycles. The second-order valence-corrected chi connectivity index (χ2v) is 7.97. The predicted molar refractivity (Wildman–Crippen MR) is 118 cm³/mol. The molecule has 2 aromatic rings. The first kappa shape index (κ1) is 20.6. The maximum Gasteiger partial charge on any atom is 0.194 e. The Hall–Kier alpha value is -2.65. The van der Waals surface area contributed by atoms with Crippen molar-refractivity contribution in [3.8, 4) is 0 Å². The molecule has 9 heteroatoms. The van der Waals surface area contributed by atoms with Crippen molar-refractivity contribution in [1.29, 1.82) is 0 Å². The van der Waals surface area contributed by atoms with Crippen LogP contribution in [0.1, 0.15) is 17.2 Å². The number of aromatic nitrogens is 3. The van der Waals surface area contributed by atoms with Crippen molar-refractivity contribution in [2.75, 3.05) is 64.9 Å². The molecule has 2 fully saturated rings. The first-order chi connectivity index (χ1) is 14.6. The van der Waals surface area contributed by atoms with Gasteiger partial charge < -0.3 is 24.8 Å². The Morgan fingerprint density at radius 1 is 1.23 bits per heavy atom. The normalized spacial score (nSPS) is 21.2. The highest BCUT2D eigenvalue weighted by atomic mass is 16.5. The summed E-state index contributed by atoms with van der Waals surface area (Å²) in [5.41, 5.74) is 2.31. The molecular formula is C21H32N8O. The third-order valence-electron chi connectivity index (χ3n) is 5.76. The number of hydrogen-bond acceptors (Lipinski definition) is 6. The van der Waals surface area contributed by atoms with E-state index in [9.17, 15) is 0 Å². The van der Waals surface area contributed by atoms with Crippen LogP contribution in [-0.4, -0.2) is 90.5 Å². The highest BCUT2D eigenvalue weighted by Crippen LogP contribution is 2.22. The lowest BCUT2D eigenvalue weighted by atomic mass is 10.1. The van der Waals surface area contributed by atoms with Gasteiger partial charge in [-0.15, -0.1) is 0 Å². The van der Waals surface area contributed by atoms with E-state index in [0.717, 1.165) is 56.6 Å². The van der Waals surface area contributed by atoms with E-state index in [4.69, 9.17) is 4.74 Å². The van der Waals surface area contributed by atoms with E-state index in [2.05, 4.69) is 54.3 Å². The molecule has 0 bridgehead atoms. The van der Waals surface area contributed by atoms with Gasteiger partial charge in [0.2, 0.25) is 0 Å². The molecule has 2 aliphatic rings. The molecular weight excluding hydrogens is 380 g/mol. The van der Waals surface area contributed by atoms with Gasteiger partial charge in [-0.3, -0.25) is 9.67 Å². The van der Waals surface area contributed by atoms with Gasteiger partial charge >= 0.3 is 0 Å². The van der Waals surface area contributed by atoms with Gasteiger partial charge in [-0.2, -0.15) is 5.10 Å². The fourth-order valence-electron chi connectivity index (χ4n) is 3.94. The standard InChI is InChI=1S/C21H32N8O/c1-22-21(29-10-11-30-19(16-29)18-14-25-27(3)15-18)24-13-17-4-5-23-20(12-17)28-8-6-26(2)7-9-28/h4-5,12,14-15,19H,6-11,13,16H2,1-3H3,(H,22,24). The maximum atomic E-state index is 5.96. The van der Waals surface area contributed by atoms with E-state index in [1.807, 2.05) is 37.4 Å². The van der Waals surface area contributed by atoms with Crippen LogP contribution in [0.25, 0.3) is 0 Å². The van der Waals surface area contributed by atoms with Gasteiger partial charge in [0.15, 0.2) is 5.96 Å². The van der Waals surface area contributed by atoms with Crippen molar-refractivity contribution in [3.63, 3.8) is 0 Å². The second kappa shape index (κ2) is 9.44. The summed E-state index contributed by atoms with van der Waals surface area (Å²) >= 11 is 0. The minimum Gasteiger partial charge on any atom is -0.370 e. The zero-order valence-corrected chi connectivity index (χ0v) is 18.2. The number of anilines is 1. The van der Waals surface area contributed by atoms with Crippen LogP contribution in [0.15, 0.2) is 35.7 Å². The van der Waals surface area contributed by atoms with Gasteiger partial charge in [0.25, 0.3) is 0 Å². The summed E-state index contributed by atoms with van der Waals surface area (Å²) in [5, 5.41) is 7.78. The highest BCUT2D eigenvalue weighted by molar-refractivity contribution is 5.80. The monoisotopic (exact) mass is 412 g/mol. The van der Waals surface area contributed by atoms with Crippen LogP contribution in [0.2, 0.25) is 0 Å². The average molecular weight is 413 g/mol. The van der Waals surface area contributed by atoms with Gasteiger partial charge in [-0.05, 0) is 24.7 Å². The Balaban J connectivity index is 1.36. The van der Waals surface area contributed by atoms with Crippen molar-refractivity contribution in [3.05, 3.63) is 41.9 Å². The lowest BCUT2D eigenvalue weighted by molar-refractivity contribution is -0.00805. The van der Waals surface area contributed by atoms with E-state index in [1.165, 1.54) is 5.56 Å². The first-order valence-corrected chi connectivity index (χ1v) is 10.6. The summed E-state index contributed by atoms with van der Waals surface area (Å²) in [6.45, 7) is 7.15. The molecule has 4 heterocycles. The molecule has 9 nitrogen and oxygen atoms in total. The van der Waals surface area contributed by atoms with E-state index in [1.54, 1.807) is 0 Å². The summed E-state index contributed by atoms with van der Waals surface area (Å²) in [6.07, 6.45) is 5.80. The number of nitrogens with zero attached hydrogens (tertiary/aromatic N) is 7. The van der Waals surface area contributed by atoms with Gasteiger partial charge in [0, 0.05) is 71.3 Å². The quantitative estimate of drug-likeness (QED) is 0.586. The SMILES string of the molecule is CN=C(NCc1ccnc(N2CCN(C)CC2)c1)N1CCOC(c2cnn(C)c2)C1. The Kier molecular flexibility index (Phi) is 6.49. The number of hydrogen-bond donors (Lipinski definition) is 1. The Morgan fingerprint density at radius 2 is 2.07 bits per heavy atom. The van der Waals surface area contributed by atoms with Crippen molar-refractivity contribution in [2.24, 2.45) is 12.0 Å². The lowest BCUT2D eigenvalue weighted by Gasteiger charge is -2.35. The average Bonchev–Trinajstić information content (AvgIpc) is 3.21. The number of guanidine groups is 1. The number of piperazine rings is 1. The number of ether oxygens (including phenoxy) is 1. The van der Waals surface area contributed by atoms with Gasteiger partial charge in [-0.25, -0.2) is 4.98 Å². The summed E-state index contributed by atoms with van der Waals surface area (Å²) in [5.74, 6) is 1.95. The van der Waals surface area contributed by atoms with Crippen LogP contribution in [0, 0.1) is 0 Å². The predicted octanol–water partition coefficient (Wildman–Crippen LogP) is 0.716. The van der Waals surface area contributed by atoms with Crippen LogP contribution >= 0.6 is 0 Å². The fourth-order valence-corrected chi connectivity index (χ4v) is 3.94. The molecule has 0 saturated carbocycles. The minimum atomic E-state index is 0.00996. The summed E-state index contributed by atoms with van der Waals surface area (Å²) in [6, 6.07) is 4.25. The van der Waals surface area contributed by atoms with Crippen LogP contribution in [-0.2, 0) is 18.3 Å². The van der Waals surface area contributed by atoms with E-state index >= 15 is 0 Å². The van der Waals surface area contributed by atoms with Crippen LogP contribution in [0.3, 0.4) is 0 Å². The number of likely N-dealkylation sites (N-methyl/N-ethyl adjacent to an activating group) is 1. The zero-order chi connectivity index (χ0) is 20.9. The number of aliphatic imine (C=N–C) groups is 1. The number of morpholine rings is 1. The molecule has 1 unspecified atom stereocenters. The van der Waals surface area contributed by atoms with Gasteiger partial charge in [0.05, 0.1) is 19.3 Å². The summed E-state index contributed by atoms with van der Waals surface area (Å²) in [7, 11) is 5.93. The van der Waals surface area contributed by atoms with Crippen LogP contribution in [0.5, 0.6) is 0 Å². The molecule has 0 amide bonds. The molecule has 0 radical (unpaired) electrons. The van der Waals surface area contributed by atoms with Gasteiger partial charge in [-0.1, -0.05) is 0 Å². The number of aryl methyl sites for hydroxylation is 1. The smallest absolute Gasteiger partial charge is 0.194 e. The largest absolute Gasteiger partial charge is 0.370 e. The lowest BCUT2D eigenvalue weighted by Crippen LogP contribution is -2.48. The molecule has 2 saturated heterocycles. The molecule has 2 aromatic heterocycles. The van der Waals surface area contributed by atoms with Gasteiger partial charge in [0.1, 0.15) is 11.9 Å². The van der Waals surface area contributed by atoms with Crippen LogP contribution < -0.4 is 10.2 Å². The number of nitrogens with one attached hydrogen (secondary N) is 1. The highest BCUT2D eigenvalue weighted by Gasteiger charge is 2.25. The van der Waals surface area contributed by atoms with E-state index < -0.39 is 0 Å². The van der Waals surface area contributed by atoms with Crippen molar-refractivity contribution < 1.29 is 4.74 Å². The summed E-state index contributed by atoms with van der Waals surface area (Å²) in [4.78, 5) is 16.1. The Morgan fingerprint density at radius 3 is 2.80 bits per heavy atom. The van der Waals surface area contributed by atoms with Crippen molar-refractivity contribution in [1.82, 2.24) is 29.9 Å².